The number of fused-ring (bicyclic) bond motifs is 1. The van der Waals surface area contributed by atoms with Gasteiger partial charge in [0.25, 0.3) is 5.91 Å². The molecule has 1 fully saturated rings. The third-order valence-corrected chi connectivity index (χ3v) is 8.00. The van der Waals surface area contributed by atoms with Crippen LogP contribution in [0.2, 0.25) is 0 Å². The molecule has 11 heteroatoms. The van der Waals surface area contributed by atoms with Gasteiger partial charge in [0.1, 0.15) is 5.76 Å². The number of aromatic nitrogens is 2. The lowest BCUT2D eigenvalue weighted by Crippen LogP contribution is -2.22. The highest BCUT2D eigenvalue weighted by atomic mass is 19.4. The second-order valence-corrected chi connectivity index (χ2v) is 11.3. The van der Waals surface area contributed by atoms with Crippen molar-refractivity contribution < 1.29 is 36.0 Å². The fourth-order valence-corrected chi connectivity index (χ4v) is 5.32. The van der Waals surface area contributed by atoms with Crippen LogP contribution in [0.1, 0.15) is 68.7 Å². The maximum Gasteiger partial charge on any atom is 0.389 e. The van der Waals surface area contributed by atoms with Crippen LogP contribution < -0.4 is 10.1 Å². The number of hydrogen-bond acceptors (Lipinski definition) is 7. The number of carbonyl (C=O) groups excluding carboxylic acids is 2. The average molecular weight is 608 g/mol. The molecule has 0 saturated heterocycles. The van der Waals surface area contributed by atoms with Gasteiger partial charge in [0, 0.05) is 42.8 Å². The highest BCUT2D eigenvalue weighted by Crippen LogP contribution is 2.48. The summed E-state index contributed by atoms with van der Waals surface area (Å²) in [5.41, 5.74) is 0.464. The van der Waals surface area contributed by atoms with Crippen LogP contribution in [-0.2, 0) is 6.42 Å². The average Bonchev–Trinajstić information content (AvgIpc) is 3.80. The fourth-order valence-electron chi connectivity index (χ4n) is 5.32. The number of aryl methyl sites for hydroxylation is 2. The highest BCUT2D eigenvalue weighted by molar-refractivity contribution is 6.11. The van der Waals surface area contributed by atoms with Crippen molar-refractivity contribution in [3.05, 3.63) is 65.0 Å². The molecule has 1 atom stereocenters. The van der Waals surface area contributed by atoms with E-state index in [0.29, 0.717) is 5.56 Å². The van der Waals surface area contributed by atoms with Crippen LogP contribution in [0, 0.1) is 29.6 Å². The number of furan rings is 1. The molecule has 0 bridgehead atoms. The lowest BCUT2D eigenvalue weighted by atomic mass is 9.80. The minimum atomic E-state index is -4.53. The van der Waals surface area contributed by atoms with Gasteiger partial charge in [-0.05, 0) is 51.2 Å². The predicted molar refractivity (Wildman–Crippen MR) is 157 cm³/mol. The number of ketones is 1. The van der Waals surface area contributed by atoms with Crippen LogP contribution in [0.5, 0.6) is 5.88 Å². The van der Waals surface area contributed by atoms with Crippen molar-refractivity contribution in [1.29, 1.82) is 5.26 Å². The quantitative estimate of drug-likeness (QED) is 0.189. The molecular formula is C33H31F3N4O4. The Morgan fingerprint density at radius 1 is 1.20 bits per heavy atom. The number of pyridine rings is 2. The zero-order valence-corrected chi connectivity index (χ0v) is 24.3. The number of benzene rings is 1. The SMILES string of the molecule is [2H]C([2H])([2H])Oc1ncc(-c2cc3c(C(=O)NC)c(-c4ccc(C)cc4)oc3nc2CCC(F)(F)F)cc1C(=O)CC(C)(C#N)C1CC1. The summed E-state index contributed by atoms with van der Waals surface area (Å²) in [6, 6.07) is 12.1. The molecule has 8 nitrogen and oxygen atoms in total. The molecule has 5 rings (SSSR count). The number of nitrogens with zero attached hydrogens (tertiary/aromatic N) is 3. The third kappa shape index (κ3) is 6.16. The summed E-state index contributed by atoms with van der Waals surface area (Å²) < 4.78 is 74.1. The molecule has 1 unspecified atom stereocenters. The molecule has 228 valence electrons. The Morgan fingerprint density at radius 2 is 1.93 bits per heavy atom. The monoisotopic (exact) mass is 607 g/mol. The van der Waals surface area contributed by atoms with Gasteiger partial charge in [-0.2, -0.15) is 18.4 Å². The summed E-state index contributed by atoms with van der Waals surface area (Å²) in [5.74, 6) is -1.49. The Balaban J connectivity index is 1.72. The topological polar surface area (TPSA) is 118 Å². The molecule has 4 aromatic rings. The van der Waals surface area contributed by atoms with Crippen molar-refractivity contribution in [2.24, 2.45) is 11.3 Å². The molecule has 1 N–H and O–H groups in total. The van der Waals surface area contributed by atoms with Crippen molar-refractivity contribution in [3.63, 3.8) is 0 Å². The van der Waals surface area contributed by atoms with Crippen molar-refractivity contribution in [2.75, 3.05) is 14.1 Å². The summed E-state index contributed by atoms with van der Waals surface area (Å²) in [4.78, 5) is 35.4. The number of halogens is 3. The van der Waals surface area contributed by atoms with Crippen LogP contribution in [0.25, 0.3) is 33.6 Å². The maximum atomic E-state index is 13.7. The molecule has 1 aliphatic carbocycles. The summed E-state index contributed by atoms with van der Waals surface area (Å²) in [6.45, 7) is 3.54. The van der Waals surface area contributed by atoms with E-state index in [1.165, 1.54) is 25.4 Å². The predicted octanol–water partition coefficient (Wildman–Crippen LogP) is 7.24. The smallest absolute Gasteiger partial charge is 0.389 e. The number of rotatable bonds is 10. The molecular weight excluding hydrogens is 573 g/mol. The second kappa shape index (κ2) is 11.8. The van der Waals surface area contributed by atoms with Crippen LogP contribution in [0.4, 0.5) is 13.2 Å². The van der Waals surface area contributed by atoms with E-state index in [-0.39, 0.29) is 57.1 Å². The molecule has 0 aliphatic heterocycles. The first kappa shape index (κ1) is 26.9. The largest absolute Gasteiger partial charge is 0.480 e. The van der Waals surface area contributed by atoms with Gasteiger partial charge in [0.15, 0.2) is 5.78 Å². The van der Waals surface area contributed by atoms with Gasteiger partial charge in [0.2, 0.25) is 11.6 Å². The van der Waals surface area contributed by atoms with Crippen molar-refractivity contribution in [3.8, 4) is 34.4 Å². The first-order valence-corrected chi connectivity index (χ1v) is 14.0. The minimum Gasteiger partial charge on any atom is -0.480 e. The van der Waals surface area contributed by atoms with Gasteiger partial charge in [0.05, 0.1) is 44.8 Å². The molecule has 3 aromatic heterocycles. The summed E-state index contributed by atoms with van der Waals surface area (Å²) in [6.07, 6.45) is -3.88. The molecule has 1 amide bonds. The number of carbonyl (C=O) groups is 2. The van der Waals surface area contributed by atoms with Gasteiger partial charge in [-0.1, -0.05) is 29.8 Å². The second-order valence-electron chi connectivity index (χ2n) is 11.3. The summed E-state index contributed by atoms with van der Waals surface area (Å²) in [7, 11) is -1.54. The first-order valence-electron chi connectivity index (χ1n) is 15.5. The van der Waals surface area contributed by atoms with Crippen molar-refractivity contribution >= 4 is 22.8 Å². The Hall–Kier alpha value is -4.72. The van der Waals surface area contributed by atoms with Gasteiger partial charge in [-0.15, -0.1) is 0 Å². The van der Waals surface area contributed by atoms with E-state index in [2.05, 4.69) is 21.4 Å². The maximum absolute atomic E-state index is 13.7. The molecule has 1 saturated carbocycles. The number of hydrogen-bond donors (Lipinski definition) is 1. The molecule has 1 aromatic carbocycles. The molecule has 0 radical (unpaired) electrons. The number of alkyl halides is 3. The zero-order valence-electron chi connectivity index (χ0n) is 27.3. The van der Waals surface area contributed by atoms with E-state index in [1.54, 1.807) is 19.1 Å². The Labute approximate surface area is 256 Å². The van der Waals surface area contributed by atoms with Gasteiger partial charge in [-0.3, -0.25) is 9.59 Å². The fraction of sp³-hybridized carbons (Fsp3) is 0.364. The van der Waals surface area contributed by atoms with Crippen LogP contribution in [-0.4, -0.2) is 41.9 Å². The lowest BCUT2D eigenvalue weighted by molar-refractivity contribution is -0.134. The number of nitrogens with one attached hydrogen (secondary N) is 1. The van der Waals surface area contributed by atoms with Crippen LogP contribution in [0.15, 0.2) is 47.0 Å². The van der Waals surface area contributed by atoms with Gasteiger partial charge >= 0.3 is 6.18 Å². The normalized spacial score (nSPS) is 15.9. The summed E-state index contributed by atoms with van der Waals surface area (Å²) in [5, 5.41) is 12.6. The molecule has 0 spiro atoms. The van der Waals surface area contributed by atoms with Crippen LogP contribution >= 0.6 is 0 Å². The van der Waals surface area contributed by atoms with E-state index >= 15 is 0 Å². The van der Waals surface area contributed by atoms with Gasteiger partial charge < -0.3 is 14.5 Å². The highest BCUT2D eigenvalue weighted by Gasteiger charge is 2.43. The lowest BCUT2D eigenvalue weighted by Gasteiger charge is -2.20. The Bertz CT molecular complexity index is 1890. The molecule has 3 heterocycles. The Morgan fingerprint density at radius 3 is 2.55 bits per heavy atom. The number of Topliss-reactive ketones (excluding diaryl/α,β-unsaturated/α-hetero) is 1. The number of methoxy groups -OCH3 is 1. The van der Waals surface area contributed by atoms with E-state index in [1.807, 2.05) is 19.1 Å². The minimum absolute atomic E-state index is 0.00731. The Kier molecular flexibility index (Phi) is 7.18. The zero-order chi connectivity index (χ0) is 34.3. The van der Waals surface area contributed by atoms with Crippen molar-refractivity contribution in [1.82, 2.24) is 15.3 Å². The molecule has 1 aliphatic rings. The van der Waals surface area contributed by atoms with Gasteiger partial charge in [-0.25, -0.2) is 9.97 Å². The number of nitriles is 1. The van der Waals surface area contributed by atoms with Crippen molar-refractivity contribution in [2.45, 2.75) is 52.1 Å². The van der Waals surface area contributed by atoms with E-state index in [9.17, 15) is 28.0 Å². The first-order chi connectivity index (χ1) is 22.0. The summed E-state index contributed by atoms with van der Waals surface area (Å²) >= 11 is 0. The number of amides is 1. The standard InChI is InChI=1S/C33H31F3N4O4/c1-18-5-7-19(8-6-18)28-27(29(42)38-3)24-14-22(25(40-31(24)44-28)11-12-33(34,35)36)20-13-23(30(43-4)39-16-20)26(41)15-32(2,17-37)21-9-10-21/h5-8,13-14,16,21H,9-12,15H2,1-4H3,(H,38,42)/i4D3. The van der Waals surface area contributed by atoms with Crippen LogP contribution in [0.3, 0.4) is 0 Å². The van der Waals surface area contributed by atoms with E-state index in [0.717, 1.165) is 18.4 Å². The van der Waals surface area contributed by atoms with E-state index in [4.69, 9.17) is 13.3 Å². The number of ether oxygens (including phenoxy) is 1. The molecule has 44 heavy (non-hydrogen) atoms. The van der Waals surface area contributed by atoms with E-state index < -0.39 is 49.0 Å². The third-order valence-electron chi connectivity index (χ3n) is 8.00.